The molecule has 0 saturated carbocycles. The summed E-state index contributed by atoms with van der Waals surface area (Å²) in [5, 5.41) is 8.54. The van der Waals surface area contributed by atoms with Crippen molar-refractivity contribution in [2.45, 2.75) is 6.61 Å². The number of nitrogens with zero attached hydrogens (tertiary/aromatic N) is 4. The molecule has 2 heterocycles. The van der Waals surface area contributed by atoms with Crippen molar-refractivity contribution < 1.29 is 4.74 Å². The molecule has 18 heavy (non-hydrogen) atoms. The Morgan fingerprint density at radius 1 is 1.44 bits per heavy atom. The van der Waals surface area contributed by atoms with Gasteiger partial charge in [-0.1, -0.05) is 0 Å². The molecule has 0 unspecified atom stereocenters. The zero-order valence-corrected chi connectivity index (χ0v) is 9.70. The van der Waals surface area contributed by atoms with Crippen molar-refractivity contribution in [2.75, 3.05) is 0 Å². The number of hydrogen-bond donors (Lipinski definition) is 0. The molecule has 0 aliphatic rings. The van der Waals surface area contributed by atoms with Gasteiger partial charge in [-0.2, -0.15) is 5.26 Å². The van der Waals surface area contributed by atoms with Crippen molar-refractivity contribution >= 4 is 0 Å². The monoisotopic (exact) mass is 242 g/mol. The highest BCUT2D eigenvalue weighted by molar-refractivity contribution is 5.18. The molecule has 90 valence electrons. The van der Waals surface area contributed by atoms with Crippen LogP contribution < -0.4 is 10.3 Å². The first kappa shape index (κ1) is 11.8. The quantitative estimate of drug-likeness (QED) is 0.788. The molecular weight excluding hydrogens is 232 g/mol. The number of aromatic nitrogens is 3. The molecule has 0 amide bonds. The van der Waals surface area contributed by atoms with Crippen LogP contribution in [0, 0.1) is 11.3 Å². The van der Waals surface area contributed by atoms with Crippen LogP contribution in [0.5, 0.6) is 5.75 Å². The standard InChI is InChI=1S/C12H10N4O2/c1-16-3-2-9(4-12(16)17)8-18-10-6-14-11(5-13)15-7-10/h2-4,6-7H,8H2,1H3. The van der Waals surface area contributed by atoms with Gasteiger partial charge in [0, 0.05) is 19.3 Å². The first-order valence-electron chi connectivity index (χ1n) is 5.19. The average molecular weight is 242 g/mol. The van der Waals surface area contributed by atoms with Gasteiger partial charge in [0.15, 0.2) is 5.75 Å². The van der Waals surface area contributed by atoms with Gasteiger partial charge in [0.25, 0.3) is 5.56 Å². The van der Waals surface area contributed by atoms with Crippen LogP contribution in [0.4, 0.5) is 0 Å². The molecule has 0 spiro atoms. The summed E-state index contributed by atoms with van der Waals surface area (Å²) in [5.41, 5.74) is 0.676. The highest BCUT2D eigenvalue weighted by Crippen LogP contribution is 2.08. The van der Waals surface area contributed by atoms with Crippen LogP contribution in [-0.4, -0.2) is 14.5 Å². The van der Waals surface area contributed by atoms with Gasteiger partial charge in [0.05, 0.1) is 12.4 Å². The maximum absolute atomic E-state index is 11.4. The van der Waals surface area contributed by atoms with Gasteiger partial charge in [0.2, 0.25) is 5.82 Å². The van der Waals surface area contributed by atoms with E-state index in [4.69, 9.17) is 10.00 Å². The van der Waals surface area contributed by atoms with Gasteiger partial charge in [-0.3, -0.25) is 4.79 Å². The van der Waals surface area contributed by atoms with Crippen molar-refractivity contribution in [1.29, 1.82) is 5.26 Å². The fourth-order valence-electron chi connectivity index (χ4n) is 1.29. The van der Waals surface area contributed by atoms with E-state index in [2.05, 4.69) is 9.97 Å². The molecule has 0 aromatic carbocycles. The number of rotatable bonds is 3. The SMILES string of the molecule is Cn1ccc(COc2cnc(C#N)nc2)cc1=O. The van der Waals surface area contributed by atoms with E-state index in [0.29, 0.717) is 5.75 Å². The molecule has 0 fully saturated rings. The topological polar surface area (TPSA) is 80.8 Å². The summed E-state index contributed by atoms with van der Waals surface area (Å²) in [6, 6.07) is 5.12. The molecule has 6 nitrogen and oxygen atoms in total. The Labute approximate surface area is 103 Å². The van der Waals surface area contributed by atoms with Crippen molar-refractivity contribution in [1.82, 2.24) is 14.5 Å². The summed E-state index contributed by atoms with van der Waals surface area (Å²) in [5.74, 6) is 0.547. The number of ether oxygens (including phenoxy) is 1. The van der Waals surface area contributed by atoms with E-state index in [1.807, 2.05) is 6.07 Å². The smallest absolute Gasteiger partial charge is 0.250 e. The Morgan fingerprint density at radius 3 is 2.78 bits per heavy atom. The van der Waals surface area contributed by atoms with Gasteiger partial charge in [-0.25, -0.2) is 9.97 Å². The summed E-state index contributed by atoms with van der Waals surface area (Å²) in [7, 11) is 1.68. The normalized spacial score (nSPS) is 9.78. The number of hydrogen-bond acceptors (Lipinski definition) is 5. The van der Waals surface area contributed by atoms with E-state index in [9.17, 15) is 4.79 Å². The minimum atomic E-state index is -0.0906. The van der Waals surface area contributed by atoms with E-state index in [1.165, 1.54) is 23.0 Å². The molecule has 2 rings (SSSR count). The molecule has 2 aromatic heterocycles. The lowest BCUT2D eigenvalue weighted by Gasteiger charge is -2.05. The summed E-state index contributed by atoms with van der Waals surface area (Å²) in [6.45, 7) is 0.255. The molecular formula is C12H10N4O2. The lowest BCUT2D eigenvalue weighted by molar-refractivity contribution is 0.303. The van der Waals surface area contributed by atoms with Crippen LogP contribution >= 0.6 is 0 Å². The predicted molar refractivity (Wildman–Crippen MR) is 62.8 cm³/mol. The average Bonchev–Trinajstić information content (AvgIpc) is 2.41. The molecule has 0 N–H and O–H groups in total. The summed E-state index contributed by atoms with van der Waals surface area (Å²) in [6.07, 6.45) is 4.52. The number of aryl methyl sites for hydroxylation is 1. The van der Waals surface area contributed by atoms with Crippen LogP contribution in [-0.2, 0) is 13.7 Å². The number of nitriles is 1. The number of pyridine rings is 1. The lowest BCUT2D eigenvalue weighted by Crippen LogP contribution is -2.15. The van der Waals surface area contributed by atoms with Crippen molar-refractivity contribution in [3.05, 3.63) is 52.5 Å². The molecule has 0 saturated heterocycles. The maximum atomic E-state index is 11.4. The predicted octanol–water partition coefficient (Wildman–Crippen LogP) is 0.626. The first-order valence-corrected chi connectivity index (χ1v) is 5.19. The third-order valence-electron chi connectivity index (χ3n) is 2.30. The molecule has 2 aromatic rings. The zero-order valence-electron chi connectivity index (χ0n) is 9.70. The fraction of sp³-hybridized carbons (Fsp3) is 0.167. The van der Waals surface area contributed by atoms with E-state index in [-0.39, 0.29) is 18.0 Å². The van der Waals surface area contributed by atoms with Crippen LogP contribution in [0.25, 0.3) is 0 Å². The molecule has 6 heteroatoms. The molecule has 0 radical (unpaired) electrons. The molecule has 0 aliphatic heterocycles. The molecule has 0 bridgehead atoms. The highest BCUT2D eigenvalue weighted by atomic mass is 16.5. The second-order valence-corrected chi connectivity index (χ2v) is 3.63. The van der Waals surface area contributed by atoms with E-state index in [0.717, 1.165) is 5.56 Å². The van der Waals surface area contributed by atoms with Gasteiger partial charge in [-0.05, 0) is 11.6 Å². The van der Waals surface area contributed by atoms with Crippen LogP contribution in [0.1, 0.15) is 11.4 Å². The van der Waals surface area contributed by atoms with Gasteiger partial charge < -0.3 is 9.30 Å². The largest absolute Gasteiger partial charge is 0.486 e. The minimum absolute atomic E-state index is 0.0906. The fourth-order valence-corrected chi connectivity index (χ4v) is 1.29. The third kappa shape index (κ3) is 2.71. The van der Waals surface area contributed by atoms with Gasteiger partial charge >= 0.3 is 0 Å². The zero-order chi connectivity index (χ0) is 13.0. The van der Waals surface area contributed by atoms with Crippen LogP contribution in [0.15, 0.2) is 35.5 Å². The third-order valence-corrected chi connectivity index (χ3v) is 2.30. The Hall–Kier alpha value is -2.68. The highest BCUT2D eigenvalue weighted by Gasteiger charge is 2.00. The van der Waals surface area contributed by atoms with Crippen LogP contribution in [0.2, 0.25) is 0 Å². The first-order chi connectivity index (χ1) is 8.69. The Bertz CT molecular complexity index is 640. The van der Waals surface area contributed by atoms with Crippen molar-refractivity contribution in [2.24, 2.45) is 7.05 Å². The van der Waals surface area contributed by atoms with E-state index < -0.39 is 0 Å². The van der Waals surface area contributed by atoms with E-state index >= 15 is 0 Å². The Balaban J connectivity index is 2.04. The lowest BCUT2D eigenvalue weighted by atomic mass is 10.3. The van der Waals surface area contributed by atoms with Crippen LogP contribution in [0.3, 0.4) is 0 Å². The van der Waals surface area contributed by atoms with Crippen molar-refractivity contribution in [3.63, 3.8) is 0 Å². The second-order valence-electron chi connectivity index (χ2n) is 3.63. The maximum Gasteiger partial charge on any atom is 0.250 e. The summed E-state index contributed by atoms with van der Waals surface area (Å²) >= 11 is 0. The summed E-state index contributed by atoms with van der Waals surface area (Å²) in [4.78, 5) is 18.9. The van der Waals surface area contributed by atoms with Gasteiger partial charge in [0.1, 0.15) is 12.7 Å². The summed E-state index contributed by atoms with van der Waals surface area (Å²) < 4.78 is 6.88. The molecule has 0 atom stereocenters. The minimum Gasteiger partial charge on any atom is -0.486 e. The Morgan fingerprint density at radius 2 is 2.17 bits per heavy atom. The molecule has 0 aliphatic carbocycles. The Kier molecular flexibility index (Phi) is 3.34. The van der Waals surface area contributed by atoms with Gasteiger partial charge in [-0.15, -0.1) is 0 Å². The van der Waals surface area contributed by atoms with Crippen molar-refractivity contribution in [3.8, 4) is 11.8 Å². The second kappa shape index (κ2) is 5.10. The van der Waals surface area contributed by atoms with E-state index in [1.54, 1.807) is 19.3 Å².